The molecule has 0 saturated carbocycles. The van der Waals surface area contributed by atoms with E-state index in [2.05, 4.69) is 45.9 Å². The Labute approximate surface area is 133 Å². The zero-order valence-corrected chi connectivity index (χ0v) is 13.3. The van der Waals surface area contributed by atoms with Gasteiger partial charge in [-0.05, 0) is 43.8 Å². The van der Waals surface area contributed by atoms with Crippen LogP contribution in [0.25, 0.3) is 0 Å². The molecule has 3 rings (SSSR count). The van der Waals surface area contributed by atoms with Crippen LogP contribution in [0.3, 0.4) is 0 Å². The third-order valence-electron chi connectivity index (χ3n) is 4.84. The fraction of sp³-hybridized carbons (Fsp3) is 0.611. The van der Waals surface area contributed by atoms with E-state index in [1.807, 2.05) is 0 Å². The molecule has 22 heavy (non-hydrogen) atoms. The molecule has 4 nitrogen and oxygen atoms in total. The predicted octanol–water partition coefficient (Wildman–Crippen LogP) is 1.77. The van der Waals surface area contributed by atoms with Gasteiger partial charge < -0.3 is 10.6 Å². The lowest BCUT2D eigenvalue weighted by molar-refractivity contribution is -0.122. The first-order valence-corrected chi connectivity index (χ1v) is 8.56. The molecule has 0 spiro atoms. The standard InChI is InChI=1S/C18H27N3O/c22-18(12-16-6-9-19-13-16)20-17-7-10-21(11-8-17)14-15-4-2-1-3-5-15/h1-5,16-17,19H,6-14H2,(H,20,22). The maximum Gasteiger partial charge on any atom is 0.220 e. The van der Waals surface area contributed by atoms with E-state index in [1.54, 1.807) is 0 Å². The first kappa shape index (κ1) is 15.5. The van der Waals surface area contributed by atoms with Gasteiger partial charge in [-0.3, -0.25) is 9.69 Å². The van der Waals surface area contributed by atoms with Crippen LogP contribution in [0.2, 0.25) is 0 Å². The van der Waals surface area contributed by atoms with E-state index in [9.17, 15) is 4.79 Å². The van der Waals surface area contributed by atoms with E-state index < -0.39 is 0 Å². The van der Waals surface area contributed by atoms with E-state index in [0.29, 0.717) is 18.4 Å². The van der Waals surface area contributed by atoms with Crippen LogP contribution in [0.4, 0.5) is 0 Å². The molecule has 1 aromatic rings. The molecule has 2 aliphatic heterocycles. The lowest BCUT2D eigenvalue weighted by atomic mass is 10.0. The van der Waals surface area contributed by atoms with Gasteiger partial charge in [-0.2, -0.15) is 0 Å². The Balaban J connectivity index is 1.37. The van der Waals surface area contributed by atoms with Gasteiger partial charge in [-0.1, -0.05) is 30.3 Å². The minimum Gasteiger partial charge on any atom is -0.353 e. The summed E-state index contributed by atoms with van der Waals surface area (Å²) in [7, 11) is 0. The van der Waals surface area contributed by atoms with Crippen molar-refractivity contribution in [3.8, 4) is 0 Å². The summed E-state index contributed by atoms with van der Waals surface area (Å²) in [6.07, 6.45) is 3.98. The van der Waals surface area contributed by atoms with Gasteiger partial charge in [0.25, 0.3) is 0 Å². The molecule has 2 fully saturated rings. The van der Waals surface area contributed by atoms with E-state index >= 15 is 0 Å². The molecule has 1 aromatic carbocycles. The Morgan fingerprint density at radius 3 is 2.64 bits per heavy atom. The number of rotatable bonds is 5. The molecule has 1 atom stereocenters. The molecule has 4 heteroatoms. The number of amides is 1. The molecule has 0 bridgehead atoms. The highest BCUT2D eigenvalue weighted by Gasteiger charge is 2.23. The number of carbonyl (C=O) groups excluding carboxylic acids is 1. The highest BCUT2D eigenvalue weighted by Crippen LogP contribution is 2.16. The first-order chi connectivity index (χ1) is 10.8. The molecule has 0 aromatic heterocycles. The Morgan fingerprint density at radius 2 is 1.95 bits per heavy atom. The molecule has 2 N–H and O–H groups in total. The average molecular weight is 301 g/mol. The second-order valence-electron chi connectivity index (χ2n) is 6.67. The van der Waals surface area contributed by atoms with Gasteiger partial charge in [-0.15, -0.1) is 0 Å². The van der Waals surface area contributed by atoms with E-state index in [1.165, 1.54) is 5.56 Å². The molecular formula is C18H27N3O. The normalized spacial score (nSPS) is 23.5. The van der Waals surface area contributed by atoms with Gasteiger partial charge in [0, 0.05) is 32.1 Å². The molecule has 0 radical (unpaired) electrons. The van der Waals surface area contributed by atoms with Crippen molar-refractivity contribution in [3.05, 3.63) is 35.9 Å². The second-order valence-corrected chi connectivity index (χ2v) is 6.67. The minimum atomic E-state index is 0.246. The maximum atomic E-state index is 12.1. The number of nitrogens with zero attached hydrogens (tertiary/aromatic N) is 1. The van der Waals surface area contributed by atoms with Crippen molar-refractivity contribution in [1.29, 1.82) is 0 Å². The summed E-state index contributed by atoms with van der Waals surface area (Å²) in [6, 6.07) is 11.0. The Morgan fingerprint density at radius 1 is 1.18 bits per heavy atom. The molecule has 2 aliphatic rings. The second kappa shape index (κ2) is 7.75. The maximum absolute atomic E-state index is 12.1. The van der Waals surface area contributed by atoms with Gasteiger partial charge in [0.2, 0.25) is 5.91 Å². The summed E-state index contributed by atoms with van der Waals surface area (Å²) in [5.74, 6) is 0.786. The van der Waals surface area contributed by atoms with Gasteiger partial charge in [-0.25, -0.2) is 0 Å². The van der Waals surface area contributed by atoms with Crippen molar-refractivity contribution in [3.63, 3.8) is 0 Å². The Hall–Kier alpha value is -1.39. The van der Waals surface area contributed by atoms with Crippen LogP contribution in [0.5, 0.6) is 0 Å². The molecular weight excluding hydrogens is 274 g/mol. The van der Waals surface area contributed by atoms with Crippen molar-refractivity contribution >= 4 is 5.91 Å². The number of nitrogens with one attached hydrogen (secondary N) is 2. The fourth-order valence-electron chi connectivity index (χ4n) is 3.51. The van der Waals surface area contributed by atoms with Crippen LogP contribution in [0, 0.1) is 5.92 Å². The topological polar surface area (TPSA) is 44.4 Å². The van der Waals surface area contributed by atoms with Gasteiger partial charge in [0.05, 0.1) is 0 Å². The zero-order chi connectivity index (χ0) is 15.2. The first-order valence-electron chi connectivity index (χ1n) is 8.56. The summed E-state index contributed by atoms with van der Waals surface area (Å²) in [5, 5.41) is 6.56. The average Bonchev–Trinajstić information content (AvgIpc) is 3.03. The Kier molecular flexibility index (Phi) is 5.46. The number of likely N-dealkylation sites (tertiary alicyclic amines) is 1. The number of hydrogen-bond acceptors (Lipinski definition) is 3. The highest BCUT2D eigenvalue weighted by molar-refractivity contribution is 5.76. The van der Waals surface area contributed by atoms with Crippen molar-refractivity contribution < 1.29 is 4.79 Å². The minimum absolute atomic E-state index is 0.246. The van der Waals surface area contributed by atoms with E-state index in [0.717, 1.165) is 52.0 Å². The lowest BCUT2D eigenvalue weighted by Crippen LogP contribution is -2.44. The van der Waals surface area contributed by atoms with Crippen LogP contribution in [0.1, 0.15) is 31.2 Å². The van der Waals surface area contributed by atoms with Crippen LogP contribution < -0.4 is 10.6 Å². The summed E-state index contributed by atoms with van der Waals surface area (Å²) in [5.41, 5.74) is 1.37. The molecule has 2 heterocycles. The number of hydrogen-bond donors (Lipinski definition) is 2. The van der Waals surface area contributed by atoms with Crippen LogP contribution in [-0.2, 0) is 11.3 Å². The van der Waals surface area contributed by atoms with Crippen LogP contribution in [0.15, 0.2) is 30.3 Å². The number of benzene rings is 1. The summed E-state index contributed by atoms with van der Waals surface area (Å²) < 4.78 is 0. The molecule has 2 saturated heterocycles. The van der Waals surface area contributed by atoms with Crippen LogP contribution in [-0.4, -0.2) is 43.0 Å². The van der Waals surface area contributed by atoms with E-state index in [4.69, 9.17) is 0 Å². The van der Waals surface area contributed by atoms with Crippen LogP contribution >= 0.6 is 0 Å². The predicted molar refractivity (Wildman–Crippen MR) is 88.5 cm³/mol. The smallest absolute Gasteiger partial charge is 0.220 e. The SMILES string of the molecule is O=C(CC1CCNC1)NC1CCN(Cc2ccccc2)CC1. The van der Waals surface area contributed by atoms with Crippen molar-refractivity contribution in [2.45, 2.75) is 38.3 Å². The molecule has 0 aliphatic carbocycles. The molecule has 1 amide bonds. The number of carbonyl (C=O) groups is 1. The molecule has 120 valence electrons. The van der Waals surface area contributed by atoms with Gasteiger partial charge >= 0.3 is 0 Å². The van der Waals surface area contributed by atoms with Crippen molar-refractivity contribution in [2.24, 2.45) is 5.92 Å². The zero-order valence-electron chi connectivity index (χ0n) is 13.3. The quantitative estimate of drug-likeness (QED) is 0.871. The lowest BCUT2D eigenvalue weighted by Gasteiger charge is -2.32. The van der Waals surface area contributed by atoms with Crippen molar-refractivity contribution in [2.75, 3.05) is 26.2 Å². The third kappa shape index (κ3) is 4.55. The third-order valence-corrected chi connectivity index (χ3v) is 4.84. The van der Waals surface area contributed by atoms with Gasteiger partial charge in [0.1, 0.15) is 0 Å². The Bertz CT molecular complexity index is 462. The fourth-order valence-corrected chi connectivity index (χ4v) is 3.51. The van der Waals surface area contributed by atoms with Gasteiger partial charge in [0.15, 0.2) is 0 Å². The number of piperidine rings is 1. The summed E-state index contributed by atoms with van der Waals surface area (Å²) in [4.78, 5) is 14.6. The molecule has 1 unspecified atom stereocenters. The summed E-state index contributed by atoms with van der Waals surface area (Å²) in [6.45, 7) is 5.24. The van der Waals surface area contributed by atoms with Crippen molar-refractivity contribution in [1.82, 2.24) is 15.5 Å². The van der Waals surface area contributed by atoms with E-state index in [-0.39, 0.29) is 5.91 Å². The summed E-state index contributed by atoms with van der Waals surface area (Å²) >= 11 is 0. The largest absolute Gasteiger partial charge is 0.353 e. The highest BCUT2D eigenvalue weighted by atomic mass is 16.1. The monoisotopic (exact) mass is 301 g/mol.